The first-order valence-corrected chi connectivity index (χ1v) is 10.8. The van der Waals surface area contributed by atoms with Crippen molar-refractivity contribution in [2.24, 2.45) is 0 Å². The van der Waals surface area contributed by atoms with Crippen molar-refractivity contribution >= 4 is 11.8 Å². The number of carbonyl (C=O) groups excluding carboxylic acids is 2. The van der Waals surface area contributed by atoms with Crippen molar-refractivity contribution in [1.82, 2.24) is 10.2 Å². The first kappa shape index (κ1) is 25.9. The molecule has 2 aliphatic heterocycles. The second-order valence-electron chi connectivity index (χ2n) is 8.09. The number of methoxy groups -OCH3 is 1. The fraction of sp³-hybridized carbons (Fsp3) is 0.900. The van der Waals surface area contributed by atoms with Gasteiger partial charge in [-0.05, 0) is 19.3 Å². The molecular formula is C20H36N2O9. The average Bonchev–Trinajstić information content (AvgIpc) is 3.18. The number of hydrogen-bond donors (Lipinski definition) is 5. The summed E-state index contributed by atoms with van der Waals surface area (Å²) < 4.78 is 16.4. The number of likely N-dealkylation sites (tertiary alicyclic amines) is 1. The van der Waals surface area contributed by atoms with E-state index in [-0.39, 0.29) is 31.3 Å². The molecule has 0 aromatic heterocycles. The Labute approximate surface area is 182 Å². The Kier molecular flexibility index (Phi) is 10.6. The van der Waals surface area contributed by atoms with E-state index < -0.39 is 43.2 Å². The summed E-state index contributed by atoms with van der Waals surface area (Å²) in [6.45, 7) is 1.45. The van der Waals surface area contributed by atoms with Crippen LogP contribution in [0.1, 0.15) is 39.0 Å². The van der Waals surface area contributed by atoms with Gasteiger partial charge < -0.3 is 44.9 Å². The summed E-state index contributed by atoms with van der Waals surface area (Å²) in [5.74, 6) is -0.419. The van der Waals surface area contributed by atoms with Crippen LogP contribution in [0.5, 0.6) is 0 Å². The van der Waals surface area contributed by atoms with E-state index in [0.717, 1.165) is 0 Å². The maximum Gasteiger partial charge on any atom is 0.222 e. The number of rotatable bonds is 11. The standard InChI is InChI=1S/C20H36N2O9/c1-12(25)21-17-19(28)18(27)15(11-24)31-20(17)30-7-5-3-4-6-16(26)22-9-14(29-2)8-13(22)10-23/h13-15,17-20,23-24,27-28H,3-11H2,1-2H3,(H,21,25)/t13-,14+,15?,17?,18?,19?,20?/m0/s1. The Hall–Kier alpha value is -1.34. The van der Waals surface area contributed by atoms with E-state index in [2.05, 4.69) is 5.32 Å². The second kappa shape index (κ2) is 12.6. The van der Waals surface area contributed by atoms with Crippen LogP contribution >= 0.6 is 0 Å². The van der Waals surface area contributed by atoms with E-state index in [9.17, 15) is 30.0 Å². The van der Waals surface area contributed by atoms with Crippen LogP contribution in [0.4, 0.5) is 0 Å². The predicted octanol–water partition coefficient (Wildman–Crippen LogP) is -1.88. The van der Waals surface area contributed by atoms with Crippen molar-refractivity contribution < 1.29 is 44.2 Å². The van der Waals surface area contributed by atoms with Crippen LogP contribution in [-0.4, -0.2) is 113 Å². The van der Waals surface area contributed by atoms with Crippen LogP contribution in [0.2, 0.25) is 0 Å². The molecule has 2 fully saturated rings. The third-order valence-electron chi connectivity index (χ3n) is 5.81. The van der Waals surface area contributed by atoms with Crippen LogP contribution in [0, 0.1) is 0 Å². The monoisotopic (exact) mass is 448 g/mol. The summed E-state index contributed by atoms with van der Waals surface area (Å²) in [7, 11) is 1.60. The zero-order valence-corrected chi connectivity index (χ0v) is 18.2. The van der Waals surface area contributed by atoms with Crippen molar-refractivity contribution in [1.29, 1.82) is 0 Å². The zero-order chi connectivity index (χ0) is 23.0. The Morgan fingerprint density at radius 2 is 1.87 bits per heavy atom. The molecule has 5 unspecified atom stereocenters. The Morgan fingerprint density at radius 3 is 2.48 bits per heavy atom. The van der Waals surface area contributed by atoms with Gasteiger partial charge in [0.2, 0.25) is 11.8 Å². The van der Waals surface area contributed by atoms with Gasteiger partial charge in [-0.2, -0.15) is 0 Å². The van der Waals surface area contributed by atoms with Crippen LogP contribution in [0.15, 0.2) is 0 Å². The summed E-state index contributed by atoms with van der Waals surface area (Å²) in [6.07, 6.45) is -1.78. The fourth-order valence-corrected chi connectivity index (χ4v) is 4.03. The molecule has 0 saturated carbocycles. The molecule has 0 aromatic rings. The van der Waals surface area contributed by atoms with Gasteiger partial charge in [-0.15, -0.1) is 0 Å². The first-order valence-electron chi connectivity index (χ1n) is 10.8. The first-order chi connectivity index (χ1) is 14.8. The quantitative estimate of drug-likeness (QED) is 0.228. The smallest absolute Gasteiger partial charge is 0.222 e. The highest BCUT2D eigenvalue weighted by atomic mass is 16.7. The van der Waals surface area contributed by atoms with Gasteiger partial charge in [0.15, 0.2) is 6.29 Å². The maximum absolute atomic E-state index is 12.4. The molecule has 0 radical (unpaired) electrons. The van der Waals surface area contributed by atoms with E-state index in [1.54, 1.807) is 12.0 Å². The molecule has 2 aliphatic rings. The molecule has 31 heavy (non-hydrogen) atoms. The minimum absolute atomic E-state index is 0.0104. The average molecular weight is 449 g/mol. The normalized spacial score (nSPS) is 33.5. The highest BCUT2D eigenvalue weighted by Crippen LogP contribution is 2.23. The van der Waals surface area contributed by atoms with Gasteiger partial charge in [0.25, 0.3) is 0 Å². The molecule has 2 saturated heterocycles. The molecule has 0 bridgehead atoms. The topological polar surface area (TPSA) is 158 Å². The SMILES string of the molecule is CO[C@@H]1C[C@@H](CO)N(C(=O)CCCCCOC2OC(CO)C(O)C(O)C2NC(C)=O)C1. The number of carbonyl (C=O) groups is 2. The van der Waals surface area contributed by atoms with Gasteiger partial charge in [-0.25, -0.2) is 0 Å². The number of aliphatic hydroxyl groups excluding tert-OH is 4. The summed E-state index contributed by atoms with van der Waals surface area (Å²) in [5, 5.41) is 41.5. The molecule has 0 spiro atoms. The van der Waals surface area contributed by atoms with E-state index in [1.165, 1.54) is 6.92 Å². The maximum atomic E-state index is 12.4. The van der Waals surface area contributed by atoms with Gasteiger partial charge in [0.1, 0.15) is 24.4 Å². The highest BCUT2D eigenvalue weighted by Gasteiger charge is 2.45. The summed E-state index contributed by atoms with van der Waals surface area (Å²) in [4.78, 5) is 25.5. The number of ether oxygens (including phenoxy) is 3. The lowest BCUT2D eigenvalue weighted by atomic mass is 9.97. The third-order valence-corrected chi connectivity index (χ3v) is 5.81. The molecule has 2 amide bonds. The van der Waals surface area contributed by atoms with E-state index >= 15 is 0 Å². The highest BCUT2D eigenvalue weighted by molar-refractivity contribution is 5.77. The lowest BCUT2D eigenvalue weighted by Gasteiger charge is -2.42. The molecule has 2 heterocycles. The molecule has 7 atom stereocenters. The number of nitrogens with zero attached hydrogens (tertiary/aromatic N) is 1. The van der Waals surface area contributed by atoms with Crippen LogP contribution in [-0.2, 0) is 23.8 Å². The van der Waals surface area contributed by atoms with Gasteiger partial charge in [0, 0.05) is 33.6 Å². The summed E-state index contributed by atoms with van der Waals surface area (Å²) >= 11 is 0. The number of nitrogens with one attached hydrogen (secondary N) is 1. The lowest BCUT2D eigenvalue weighted by molar-refractivity contribution is -0.270. The van der Waals surface area contributed by atoms with Gasteiger partial charge in [-0.3, -0.25) is 9.59 Å². The number of amides is 2. The molecule has 11 nitrogen and oxygen atoms in total. The van der Waals surface area contributed by atoms with Gasteiger partial charge in [-0.1, -0.05) is 6.42 Å². The second-order valence-corrected chi connectivity index (χ2v) is 8.09. The molecule has 0 aromatic carbocycles. The van der Waals surface area contributed by atoms with Gasteiger partial charge in [0.05, 0.1) is 25.4 Å². The molecular weight excluding hydrogens is 412 g/mol. The zero-order valence-electron chi connectivity index (χ0n) is 18.2. The van der Waals surface area contributed by atoms with Crippen molar-refractivity contribution in [3.8, 4) is 0 Å². The van der Waals surface area contributed by atoms with E-state index in [1.807, 2.05) is 0 Å². The minimum atomic E-state index is -1.35. The Morgan fingerprint density at radius 1 is 1.13 bits per heavy atom. The van der Waals surface area contributed by atoms with Crippen molar-refractivity contribution in [2.45, 2.75) is 81.8 Å². The van der Waals surface area contributed by atoms with Crippen molar-refractivity contribution in [2.75, 3.05) is 33.5 Å². The van der Waals surface area contributed by atoms with Gasteiger partial charge >= 0.3 is 0 Å². The fourth-order valence-electron chi connectivity index (χ4n) is 4.03. The lowest BCUT2D eigenvalue weighted by Crippen LogP contribution is -2.64. The minimum Gasteiger partial charge on any atom is -0.394 e. The Bertz CT molecular complexity index is 579. The molecule has 2 rings (SSSR count). The van der Waals surface area contributed by atoms with Crippen molar-refractivity contribution in [3.63, 3.8) is 0 Å². The van der Waals surface area contributed by atoms with Crippen LogP contribution < -0.4 is 5.32 Å². The largest absolute Gasteiger partial charge is 0.394 e. The predicted molar refractivity (Wildman–Crippen MR) is 108 cm³/mol. The number of hydrogen-bond acceptors (Lipinski definition) is 9. The molecule has 11 heteroatoms. The number of unbranched alkanes of at least 4 members (excludes halogenated alkanes) is 2. The molecule has 0 aliphatic carbocycles. The molecule has 5 N–H and O–H groups in total. The number of aliphatic hydroxyl groups is 4. The Balaban J connectivity index is 1.73. The van der Waals surface area contributed by atoms with Crippen LogP contribution in [0.25, 0.3) is 0 Å². The van der Waals surface area contributed by atoms with E-state index in [4.69, 9.17) is 14.2 Å². The van der Waals surface area contributed by atoms with Crippen LogP contribution in [0.3, 0.4) is 0 Å². The summed E-state index contributed by atoms with van der Waals surface area (Å²) in [5.41, 5.74) is 0. The third kappa shape index (κ3) is 7.07. The van der Waals surface area contributed by atoms with E-state index in [0.29, 0.717) is 38.6 Å². The molecule has 180 valence electrons. The summed E-state index contributed by atoms with van der Waals surface area (Å²) in [6, 6.07) is -1.16. The van der Waals surface area contributed by atoms with Crippen molar-refractivity contribution in [3.05, 3.63) is 0 Å².